The second-order valence-corrected chi connectivity index (χ2v) is 5.39. The minimum atomic E-state index is -0.172. The van der Waals surface area contributed by atoms with Crippen molar-refractivity contribution >= 4 is 17.5 Å². The lowest BCUT2D eigenvalue weighted by molar-refractivity contribution is -0.136. The van der Waals surface area contributed by atoms with E-state index < -0.39 is 0 Å². The first-order valence-electron chi connectivity index (χ1n) is 6.65. The van der Waals surface area contributed by atoms with Gasteiger partial charge in [-0.2, -0.15) is 0 Å². The van der Waals surface area contributed by atoms with Crippen LogP contribution in [0.5, 0.6) is 0 Å². The molecule has 0 N–H and O–H groups in total. The molecule has 0 heterocycles. The second-order valence-electron chi connectivity index (χ2n) is 4.98. The van der Waals surface area contributed by atoms with Gasteiger partial charge in [0.2, 0.25) is 5.91 Å². The summed E-state index contributed by atoms with van der Waals surface area (Å²) < 4.78 is 5.09. The molecule has 1 aromatic rings. The number of amides is 1. The monoisotopic (exact) mass is 298 g/mol. The van der Waals surface area contributed by atoms with Gasteiger partial charge in [-0.1, -0.05) is 29.8 Å². The topological polar surface area (TPSA) is 32.8 Å². The molecule has 0 spiro atoms. The molecule has 0 aromatic heterocycles. The van der Waals surface area contributed by atoms with Gasteiger partial charge in [-0.05, 0) is 32.6 Å². The van der Waals surface area contributed by atoms with E-state index in [0.29, 0.717) is 24.7 Å². The van der Waals surface area contributed by atoms with Gasteiger partial charge in [0.1, 0.15) is 0 Å². The van der Waals surface area contributed by atoms with Gasteiger partial charge >= 0.3 is 0 Å². The van der Waals surface area contributed by atoms with Crippen LogP contribution in [0.4, 0.5) is 0 Å². The lowest BCUT2D eigenvalue weighted by Crippen LogP contribution is -2.45. The molecule has 1 atom stereocenters. The fourth-order valence-electron chi connectivity index (χ4n) is 1.79. The Morgan fingerprint density at radius 1 is 1.35 bits per heavy atom. The fraction of sp³-hybridized carbons (Fsp3) is 0.533. The van der Waals surface area contributed by atoms with Crippen molar-refractivity contribution in [2.75, 3.05) is 34.4 Å². The third kappa shape index (κ3) is 4.78. The summed E-state index contributed by atoms with van der Waals surface area (Å²) in [6, 6.07) is 7.42. The Bertz CT molecular complexity index is 438. The molecule has 5 heteroatoms. The van der Waals surface area contributed by atoms with Crippen LogP contribution in [0.3, 0.4) is 0 Å². The quantitative estimate of drug-likeness (QED) is 0.774. The summed E-state index contributed by atoms with van der Waals surface area (Å²) in [7, 11) is 5.42. The van der Waals surface area contributed by atoms with Crippen molar-refractivity contribution in [3.05, 3.63) is 34.9 Å². The number of nitrogens with zero attached hydrogens (tertiary/aromatic N) is 2. The molecule has 0 fully saturated rings. The highest BCUT2D eigenvalue weighted by molar-refractivity contribution is 6.31. The van der Waals surface area contributed by atoms with Crippen LogP contribution in [0.15, 0.2) is 24.3 Å². The third-order valence-corrected chi connectivity index (χ3v) is 3.70. The van der Waals surface area contributed by atoms with E-state index in [9.17, 15) is 4.79 Å². The van der Waals surface area contributed by atoms with E-state index in [2.05, 4.69) is 0 Å². The Labute approximate surface area is 126 Å². The molecule has 0 saturated carbocycles. The average Bonchev–Trinajstić information content (AvgIpc) is 2.43. The van der Waals surface area contributed by atoms with Crippen LogP contribution >= 0.6 is 11.6 Å². The summed E-state index contributed by atoms with van der Waals surface area (Å²) in [5, 5.41) is 0.681. The summed E-state index contributed by atoms with van der Waals surface area (Å²) in [5.74, 6) is 0.0759. The Kier molecular flexibility index (Phi) is 6.99. The van der Waals surface area contributed by atoms with Gasteiger partial charge in [-0.25, -0.2) is 0 Å². The van der Waals surface area contributed by atoms with Gasteiger partial charge in [0.05, 0.1) is 12.6 Å². The highest BCUT2D eigenvalue weighted by Crippen LogP contribution is 2.17. The smallest absolute Gasteiger partial charge is 0.240 e. The maximum absolute atomic E-state index is 12.5. The molecule has 0 bridgehead atoms. The summed E-state index contributed by atoms with van der Waals surface area (Å²) in [4.78, 5) is 16.2. The molecule has 1 rings (SSSR count). The van der Waals surface area contributed by atoms with Crippen LogP contribution in [0.25, 0.3) is 0 Å². The van der Waals surface area contributed by atoms with Crippen LogP contribution in [0, 0.1) is 0 Å². The van der Waals surface area contributed by atoms with Gasteiger partial charge in [0.25, 0.3) is 0 Å². The van der Waals surface area contributed by atoms with Crippen LogP contribution in [-0.2, 0) is 16.1 Å². The van der Waals surface area contributed by atoms with Crippen LogP contribution in [0.1, 0.15) is 12.5 Å². The molecule has 112 valence electrons. The number of hydrogen-bond donors (Lipinski definition) is 0. The van der Waals surface area contributed by atoms with E-state index in [1.807, 2.05) is 50.2 Å². The first-order valence-corrected chi connectivity index (χ1v) is 7.02. The molecular weight excluding hydrogens is 276 g/mol. The zero-order valence-electron chi connectivity index (χ0n) is 12.6. The Hall–Kier alpha value is -1.10. The molecule has 0 saturated heterocycles. The minimum absolute atomic E-state index is 0.0759. The summed E-state index contributed by atoms with van der Waals surface area (Å²) in [5.41, 5.74) is 0.949. The molecule has 0 radical (unpaired) electrons. The largest absolute Gasteiger partial charge is 0.383 e. The highest BCUT2D eigenvalue weighted by Gasteiger charge is 2.22. The number of methoxy groups -OCH3 is 1. The Morgan fingerprint density at radius 2 is 2.00 bits per heavy atom. The number of ether oxygens (including phenoxy) is 1. The summed E-state index contributed by atoms with van der Waals surface area (Å²) in [6.07, 6.45) is 0. The van der Waals surface area contributed by atoms with E-state index in [4.69, 9.17) is 16.3 Å². The molecule has 0 aliphatic carbocycles. The van der Waals surface area contributed by atoms with E-state index in [-0.39, 0.29) is 11.9 Å². The van der Waals surface area contributed by atoms with Crippen molar-refractivity contribution in [2.24, 2.45) is 0 Å². The van der Waals surface area contributed by atoms with Crippen LogP contribution < -0.4 is 0 Å². The van der Waals surface area contributed by atoms with E-state index in [1.54, 1.807) is 12.0 Å². The molecule has 0 aliphatic heterocycles. The molecule has 1 aromatic carbocycles. The van der Waals surface area contributed by atoms with Crippen molar-refractivity contribution in [3.63, 3.8) is 0 Å². The zero-order chi connectivity index (χ0) is 15.1. The number of carbonyl (C=O) groups excluding carboxylic acids is 1. The standard InChI is InChI=1S/C15H23ClN2O2/c1-12(17(2)3)15(19)18(9-10-20-4)11-13-7-5-6-8-14(13)16/h5-8,12H,9-11H2,1-4H3/t12-/m1/s1. The fourth-order valence-corrected chi connectivity index (χ4v) is 1.98. The number of hydrogen-bond acceptors (Lipinski definition) is 3. The van der Waals surface area contributed by atoms with Gasteiger partial charge in [0, 0.05) is 25.2 Å². The normalized spacial score (nSPS) is 12.5. The van der Waals surface area contributed by atoms with Gasteiger partial charge in [-0.3, -0.25) is 9.69 Å². The maximum Gasteiger partial charge on any atom is 0.240 e. The molecular formula is C15H23ClN2O2. The van der Waals surface area contributed by atoms with Crippen LogP contribution in [-0.4, -0.2) is 56.1 Å². The number of halogens is 1. The number of likely N-dealkylation sites (N-methyl/N-ethyl adjacent to an activating group) is 1. The summed E-state index contributed by atoms with van der Waals surface area (Å²) >= 11 is 6.17. The maximum atomic E-state index is 12.5. The Morgan fingerprint density at radius 3 is 2.55 bits per heavy atom. The number of rotatable bonds is 7. The minimum Gasteiger partial charge on any atom is -0.383 e. The van der Waals surface area contributed by atoms with E-state index >= 15 is 0 Å². The van der Waals surface area contributed by atoms with E-state index in [0.717, 1.165) is 5.56 Å². The number of benzene rings is 1. The lowest BCUT2D eigenvalue weighted by atomic mass is 10.2. The Balaban J connectivity index is 2.84. The SMILES string of the molecule is COCCN(Cc1ccccc1Cl)C(=O)[C@@H](C)N(C)C. The predicted molar refractivity (Wildman–Crippen MR) is 81.9 cm³/mol. The van der Waals surface area contributed by atoms with Gasteiger partial charge in [0.15, 0.2) is 0 Å². The highest BCUT2D eigenvalue weighted by atomic mass is 35.5. The van der Waals surface area contributed by atoms with E-state index in [1.165, 1.54) is 0 Å². The molecule has 0 unspecified atom stereocenters. The third-order valence-electron chi connectivity index (χ3n) is 3.33. The average molecular weight is 299 g/mol. The molecule has 20 heavy (non-hydrogen) atoms. The second kappa shape index (κ2) is 8.25. The van der Waals surface area contributed by atoms with Crippen molar-refractivity contribution in [2.45, 2.75) is 19.5 Å². The first kappa shape index (κ1) is 17.0. The summed E-state index contributed by atoms with van der Waals surface area (Å²) in [6.45, 7) is 3.46. The zero-order valence-corrected chi connectivity index (χ0v) is 13.4. The first-order chi connectivity index (χ1) is 9.47. The van der Waals surface area contributed by atoms with Crippen molar-refractivity contribution in [1.29, 1.82) is 0 Å². The van der Waals surface area contributed by atoms with Crippen molar-refractivity contribution in [3.8, 4) is 0 Å². The van der Waals surface area contributed by atoms with Crippen LogP contribution in [0.2, 0.25) is 5.02 Å². The van der Waals surface area contributed by atoms with Crippen molar-refractivity contribution < 1.29 is 9.53 Å². The predicted octanol–water partition coefficient (Wildman–Crippen LogP) is 2.27. The molecule has 1 amide bonds. The van der Waals surface area contributed by atoms with Crippen molar-refractivity contribution in [1.82, 2.24) is 9.80 Å². The molecule has 4 nitrogen and oxygen atoms in total. The molecule has 0 aliphatic rings. The number of carbonyl (C=O) groups is 1. The lowest BCUT2D eigenvalue weighted by Gasteiger charge is -2.29. The van der Waals surface area contributed by atoms with Gasteiger partial charge < -0.3 is 9.64 Å². The van der Waals surface area contributed by atoms with Gasteiger partial charge in [-0.15, -0.1) is 0 Å².